The van der Waals surface area contributed by atoms with Gasteiger partial charge in [-0.05, 0) is 24.1 Å². The van der Waals surface area contributed by atoms with Gasteiger partial charge in [0.1, 0.15) is 11.5 Å². The molecule has 2 aromatic carbocycles. The molecule has 0 radical (unpaired) electrons. The Bertz CT molecular complexity index is 530. The third-order valence-corrected chi connectivity index (χ3v) is 2.73. The lowest BCUT2D eigenvalue weighted by atomic mass is 10.1. The molecule has 92 valence electrons. The molecule has 0 aliphatic rings. The van der Waals surface area contributed by atoms with Crippen molar-refractivity contribution in [3.63, 3.8) is 0 Å². The minimum atomic E-state index is 0.235. The summed E-state index contributed by atoms with van der Waals surface area (Å²) in [4.78, 5) is 0. The van der Waals surface area contributed by atoms with Gasteiger partial charge in [0.25, 0.3) is 0 Å². The van der Waals surface area contributed by atoms with E-state index in [-0.39, 0.29) is 5.75 Å². The molecule has 1 N–H and O–H groups in total. The molecule has 0 spiro atoms. The van der Waals surface area contributed by atoms with Gasteiger partial charge in [0.05, 0.1) is 7.11 Å². The summed E-state index contributed by atoms with van der Waals surface area (Å²) in [5.74, 6) is 0.895. The van der Waals surface area contributed by atoms with E-state index in [4.69, 9.17) is 4.74 Å². The fourth-order valence-electron chi connectivity index (χ4n) is 1.73. The predicted molar refractivity (Wildman–Crippen MR) is 73.8 cm³/mol. The lowest BCUT2D eigenvalue weighted by Gasteiger charge is -2.03. The highest BCUT2D eigenvalue weighted by molar-refractivity contribution is 5.58. The monoisotopic (exact) mass is 240 g/mol. The quantitative estimate of drug-likeness (QED) is 0.883. The topological polar surface area (TPSA) is 29.5 Å². The molecule has 0 atom stereocenters. The van der Waals surface area contributed by atoms with Crippen LogP contribution in [0.1, 0.15) is 11.1 Å². The fraction of sp³-hybridized carbons (Fsp3) is 0.125. The van der Waals surface area contributed by atoms with Gasteiger partial charge in [-0.15, -0.1) is 0 Å². The molecule has 18 heavy (non-hydrogen) atoms. The zero-order chi connectivity index (χ0) is 12.8. The van der Waals surface area contributed by atoms with Gasteiger partial charge in [-0.1, -0.05) is 42.5 Å². The molecule has 0 saturated heterocycles. The van der Waals surface area contributed by atoms with Crippen molar-refractivity contribution in [1.29, 1.82) is 0 Å². The molecule has 0 aromatic heterocycles. The second-order valence-corrected chi connectivity index (χ2v) is 4.02. The second-order valence-electron chi connectivity index (χ2n) is 4.02. The summed E-state index contributed by atoms with van der Waals surface area (Å²) in [6, 6.07) is 15.5. The van der Waals surface area contributed by atoms with Gasteiger partial charge < -0.3 is 9.84 Å². The van der Waals surface area contributed by atoms with Crippen LogP contribution in [0, 0.1) is 0 Å². The maximum atomic E-state index is 9.79. The molecule has 0 unspecified atom stereocenters. The number of ether oxygens (including phenoxy) is 1. The van der Waals surface area contributed by atoms with Crippen molar-refractivity contribution >= 4 is 6.08 Å². The Hall–Kier alpha value is -2.22. The molecular weight excluding hydrogens is 224 g/mol. The van der Waals surface area contributed by atoms with Crippen LogP contribution in [-0.2, 0) is 6.42 Å². The average molecular weight is 240 g/mol. The van der Waals surface area contributed by atoms with E-state index in [2.05, 4.69) is 12.1 Å². The van der Waals surface area contributed by atoms with E-state index >= 15 is 0 Å². The van der Waals surface area contributed by atoms with Crippen LogP contribution >= 0.6 is 0 Å². The normalized spacial score (nSPS) is 10.7. The summed E-state index contributed by atoms with van der Waals surface area (Å²) >= 11 is 0. The minimum absolute atomic E-state index is 0.235. The predicted octanol–water partition coefficient (Wildman–Crippen LogP) is 3.66. The van der Waals surface area contributed by atoms with E-state index in [0.717, 1.165) is 12.0 Å². The Kier molecular flexibility index (Phi) is 4.02. The van der Waals surface area contributed by atoms with Crippen molar-refractivity contribution in [1.82, 2.24) is 0 Å². The van der Waals surface area contributed by atoms with Gasteiger partial charge in [0, 0.05) is 11.6 Å². The Morgan fingerprint density at radius 3 is 2.56 bits per heavy atom. The van der Waals surface area contributed by atoms with Gasteiger partial charge in [0.15, 0.2) is 0 Å². The van der Waals surface area contributed by atoms with E-state index in [0.29, 0.717) is 5.75 Å². The van der Waals surface area contributed by atoms with Crippen molar-refractivity contribution < 1.29 is 9.84 Å². The molecule has 0 heterocycles. The zero-order valence-corrected chi connectivity index (χ0v) is 10.3. The molecule has 2 heteroatoms. The van der Waals surface area contributed by atoms with Crippen LogP contribution in [0.3, 0.4) is 0 Å². The summed E-state index contributed by atoms with van der Waals surface area (Å²) in [6.45, 7) is 0. The molecular formula is C16H16O2. The number of methoxy groups -OCH3 is 1. The average Bonchev–Trinajstić information content (AvgIpc) is 2.42. The number of hydrogen-bond acceptors (Lipinski definition) is 2. The first-order valence-corrected chi connectivity index (χ1v) is 5.87. The Balaban J connectivity index is 2.05. The van der Waals surface area contributed by atoms with Gasteiger partial charge in [-0.25, -0.2) is 0 Å². The molecule has 0 aliphatic carbocycles. The van der Waals surface area contributed by atoms with E-state index in [1.807, 2.05) is 42.5 Å². The fourth-order valence-corrected chi connectivity index (χ4v) is 1.73. The number of allylic oxidation sites excluding steroid dienone is 1. The van der Waals surface area contributed by atoms with E-state index < -0.39 is 0 Å². The third kappa shape index (κ3) is 3.14. The van der Waals surface area contributed by atoms with Crippen LogP contribution in [0.25, 0.3) is 6.08 Å². The van der Waals surface area contributed by atoms with Crippen molar-refractivity contribution in [3.05, 3.63) is 65.7 Å². The van der Waals surface area contributed by atoms with Crippen molar-refractivity contribution in [3.8, 4) is 11.5 Å². The highest BCUT2D eigenvalue weighted by Crippen LogP contribution is 2.24. The van der Waals surface area contributed by atoms with Gasteiger partial charge in [0.2, 0.25) is 0 Å². The molecule has 0 bridgehead atoms. The zero-order valence-electron chi connectivity index (χ0n) is 10.3. The Morgan fingerprint density at radius 2 is 1.89 bits per heavy atom. The lowest BCUT2D eigenvalue weighted by Crippen LogP contribution is -1.83. The summed E-state index contributed by atoms with van der Waals surface area (Å²) in [7, 11) is 1.58. The van der Waals surface area contributed by atoms with Gasteiger partial charge in [-0.3, -0.25) is 0 Å². The van der Waals surface area contributed by atoms with E-state index in [1.54, 1.807) is 13.2 Å². The second kappa shape index (κ2) is 5.92. The SMILES string of the molecule is COc1ccc(C=CCc2ccccc2)c(O)c1. The summed E-state index contributed by atoms with van der Waals surface area (Å²) in [5.41, 5.74) is 2.05. The maximum Gasteiger partial charge on any atom is 0.126 e. The number of phenols is 1. The van der Waals surface area contributed by atoms with Crippen molar-refractivity contribution in [2.24, 2.45) is 0 Å². The molecule has 0 fully saturated rings. The lowest BCUT2D eigenvalue weighted by molar-refractivity contribution is 0.407. The first-order valence-electron chi connectivity index (χ1n) is 5.87. The van der Waals surface area contributed by atoms with E-state index in [1.165, 1.54) is 5.56 Å². The van der Waals surface area contributed by atoms with E-state index in [9.17, 15) is 5.11 Å². The number of rotatable bonds is 4. The van der Waals surface area contributed by atoms with Crippen LogP contribution in [0.2, 0.25) is 0 Å². The van der Waals surface area contributed by atoms with Crippen LogP contribution < -0.4 is 4.74 Å². The number of benzene rings is 2. The molecule has 0 saturated carbocycles. The Labute approximate surface area is 107 Å². The van der Waals surface area contributed by atoms with Crippen LogP contribution in [0.4, 0.5) is 0 Å². The van der Waals surface area contributed by atoms with Crippen LogP contribution in [0.15, 0.2) is 54.6 Å². The third-order valence-electron chi connectivity index (χ3n) is 2.73. The van der Waals surface area contributed by atoms with Gasteiger partial charge >= 0.3 is 0 Å². The maximum absolute atomic E-state index is 9.79. The summed E-state index contributed by atoms with van der Waals surface area (Å²) < 4.78 is 5.04. The first-order chi connectivity index (χ1) is 8.79. The van der Waals surface area contributed by atoms with Crippen molar-refractivity contribution in [2.45, 2.75) is 6.42 Å². The first kappa shape index (κ1) is 12.2. The Morgan fingerprint density at radius 1 is 1.11 bits per heavy atom. The standard InChI is InChI=1S/C16H16O2/c1-18-15-11-10-14(16(17)12-15)9-5-8-13-6-3-2-4-7-13/h2-7,9-12,17H,8H2,1H3. The highest BCUT2D eigenvalue weighted by Gasteiger charge is 1.99. The van der Waals surface area contributed by atoms with Crippen molar-refractivity contribution in [2.75, 3.05) is 7.11 Å². The number of phenolic OH excluding ortho intramolecular Hbond substituents is 1. The smallest absolute Gasteiger partial charge is 0.126 e. The molecule has 2 aromatic rings. The largest absolute Gasteiger partial charge is 0.507 e. The highest BCUT2D eigenvalue weighted by atomic mass is 16.5. The summed E-state index contributed by atoms with van der Waals surface area (Å²) in [6.07, 6.45) is 4.81. The summed E-state index contributed by atoms with van der Waals surface area (Å²) in [5, 5.41) is 9.79. The van der Waals surface area contributed by atoms with Crippen LogP contribution in [-0.4, -0.2) is 12.2 Å². The van der Waals surface area contributed by atoms with Gasteiger partial charge in [-0.2, -0.15) is 0 Å². The minimum Gasteiger partial charge on any atom is -0.507 e. The molecule has 0 amide bonds. The molecule has 0 aliphatic heterocycles. The molecule has 2 nitrogen and oxygen atoms in total. The number of hydrogen-bond donors (Lipinski definition) is 1. The number of aromatic hydroxyl groups is 1. The molecule has 2 rings (SSSR count). The van der Waals surface area contributed by atoms with Crippen LogP contribution in [0.5, 0.6) is 11.5 Å².